The van der Waals surface area contributed by atoms with E-state index in [0.717, 1.165) is 0 Å². The van der Waals surface area contributed by atoms with Gasteiger partial charge in [-0.05, 0) is 79.8 Å². The molecule has 2 heterocycles. The van der Waals surface area contributed by atoms with Crippen LogP contribution in [0.15, 0.2) is 72.8 Å². The number of likely N-dealkylation sites (tertiary alicyclic amines) is 2. The molecule has 232 valence electrons. The van der Waals surface area contributed by atoms with Crippen LogP contribution in [0, 0.1) is 17.5 Å². The molecular formula is C34H36F3N3O4. The van der Waals surface area contributed by atoms with E-state index in [-0.39, 0.29) is 31.3 Å². The molecule has 3 aromatic rings. The van der Waals surface area contributed by atoms with Gasteiger partial charge in [0.25, 0.3) is 0 Å². The number of hydrogen-bond acceptors (Lipinski definition) is 4. The number of aliphatic hydroxyl groups excluding tert-OH is 1. The maximum Gasteiger partial charge on any atom is 0.246 e. The van der Waals surface area contributed by atoms with Crippen molar-refractivity contribution in [1.82, 2.24) is 15.1 Å². The van der Waals surface area contributed by atoms with Crippen molar-refractivity contribution in [3.63, 3.8) is 0 Å². The van der Waals surface area contributed by atoms with E-state index in [4.69, 9.17) is 0 Å². The molecule has 2 fully saturated rings. The number of carbonyl (C=O) groups is 3. The van der Waals surface area contributed by atoms with Crippen molar-refractivity contribution in [2.45, 2.75) is 69.2 Å². The number of benzene rings is 3. The second-order valence-electron chi connectivity index (χ2n) is 11.9. The van der Waals surface area contributed by atoms with Crippen molar-refractivity contribution in [3.8, 4) is 0 Å². The first-order valence-corrected chi connectivity index (χ1v) is 14.9. The van der Waals surface area contributed by atoms with Gasteiger partial charge in [-0.1, -0.05) is 36.4 Å². The number of carbonyl (C=O) groups excluding carboxylic acids is 3. The van der Waals surface area contributed by atoms with Crippen LogP contribution in [0.5, 0.6) is 0 Å². The number of hydrogen-bond donors (Lipinski definition) is 2. The third kappa shape index (κ3) is 6.22. The molecule has 3 aromatic carbocycles. The molecule has 44 heavy (non-hydrogen) atoms. The lowest BCUT2D eigenvalue weighted by atomic mass is 9.67. The summed E-state index contributed by atoms with van der Waals surface area (Å²) in [6.07, 6.45) is -0.111. The van der Waals surface area contributed by atoms with Crippen LogP contribution in [0.1, 0.15) is 56.2 Å². The predicted octanol–water partition coefficient (Wildman–Crippen LogP) is 4.31. The molecule has 0 spiro atoms. The van der Waals surface area contributed by atoms with Gasteiger partial charge >= 0.3 is 0 Å². The van der Waals surface area contributed by atoms with Crippen molar-refractivity contribution in [3.05, 3.63) is 107 Å². The second kappa shape index (κ2) is 12.8. The predicted molar refractivity (Wildman–Crippen MR) is 158 cm³/mol. The molecule has 2 N–H and O–H groups in total. The lowest BCUT2D eigenvalue weighted by Crippen LogP contribution is -2.54. The van der Waals surface area contributed by atoms with Gasteiger partial charge in [-0.3, -0.25) is 14.4 Å². The first-order valence-electron chi connectivity index (χ1n) is 14.9. The normalized spacial score (nSPS) is 20.3. The second-order valence-corrected chi connectivity index (χ2v) is 11.9. The maximum absolute atomic E-state index is 14.4. The summed E-state index contributed by atoms with van der Waals surface area (Å²) in [4.78, 5) is 44.0. The fourth-order valence-electron chi connectivity index (χ4n) is 6.54. The topological polar surface area (TPSA) is 89.9 Å². The molecule has 0 unspecified atom stereocenters. The van der Waals surface area contributed by atoms with Gasteiger partial charge in [0, 0.05) is 32.0 Å². The molecule has 10 heteroatoms. The Hall–Kier alpha value is -4.18. The fraction of sp³-hybridized carbons (Fsp3) is 0.382. The Morgan fingerprint density at radius 1 is 0.818 bits per heavy atom. The number of amides is 3. The lowest BCUT2D eigenvalue weighted by Gasteiger charge is -2.38. The number of nitrogens with one attached hydrogen (secondary N) is 1. The zero-order chi connectivity index (χ0) is 31.6. The highest BCUT2D eigenvalue weighted by Crippen LogP contribution is 2.43. The molecule has 3 atom stereocenters. The van der Waals surface area contributed by atoms with Crippen LogP contribution in [0.4, 0.5) is 13.2 Å². The van der Waals surface area contributed by atoms with E-state index in [0.29, 0.717) is 36.1 Å². The molecule has 2 saturated heterocycles. The van der Waals surface area contributed by atoms with Crippen molar-refractivity contribution in [2.75, 3.05) is 13.1 Å². The molecule has 0 saturated carbocycles. The van der Waals surface area contributed by atoms with Gasteiger partial charge < -0.3 is 20.2 Å². The number of halogens is 3. The summed E-state index contributed by atoms with van der Waals surface area (Å²) in [6, 6.07) is 14.9. The highest BCUT2D eigenvalue weighted by molar-refractivity contribution is 5.93. The number of nitrogens with zero attached hydrogens (tertiary/aromatic N) is 2. The summed E-state index contributed by atoms with van der Waals surface area (Å²) in [6.45, 7) is 3.93. The molecule has 0 bridgehead atoms. The molecule has 0 aromatic heterocycles. The Kier molecular flexibility index (Phi) is 9.10. The van der Waals surface area contributed by atoms with Gasteiger partial charge in [-0.2, -0.15) is 0 Å². The van der Waals surface area contributed by atoms with Crippen LogP contribution in [0.2, 0.25) is 0 Å². The SMILES string of the molecule is CC(C)NC(=O)[C@H]1CCCN1C(=O)[C@@H]1C[C@@H](O)CN1C(=O)CC(c1ccc(F)cc1)(c1ccc(F)cc1)c1ccc(F)cc1. The van der Waals surface area contributed by atoms with Gasteiger partial charge in [0.15, 0.2) is 0 Å². The maximum atomic E-state index is 14.4. The highest BCUT2D eigenvalue weighted by Gasteiger charge is 2.47. The van der Waals surface area contributed by atoms with E-state index in [1.54, 1.807) is 0 Å². The zero-order valence-corrected chi connectivity index (χ0v) is 24.7. The molecule has 2 aliphatic heterocycles. The first-order chi connectivity index (χ1) is 21.0. The standard InChI is InChI=1S/C34H36F3N3O4/c1-21(2)38-32(43)29-4-3-17-39(29)33(44)30-18-28(41)20-40(30)31(42)19-34(22-5-11-25(35)12-6-22,23-7-13-26(36)14-8-23)24-9-15-27(37)16-10-24/h5-16,21,28-30,41H,3-4,17-20H2,1-2H3,(H,38,43)/t28-,29-,30+/m1/s1. The van der Waals surface area contributed by atoms with Crippen LogP contribution < -0.4 is 5.32 Å². The van der Waals surface area contributed by atoms with E-state index >= 15 is 0 Å². The summed E-state index contributed by atoms with van der Waals surface area (Å²) in [5, 5.41) is 13.5. The van der Waals surface area contributed by atoms with Crippen molar-refractivity contribution in [1.29, 1.82) is 0 Å². The quantitative estimate of drug-likeness (QED) is 0.374. The molecule has 5 rings (SSSR count). The molecule has 0 radical (unpaired) electrons. The Labute approximate surface area is 254 Å². The summed E-state index contributed by atoms with van der Waals surface area (Å²) in [7, 11) is 0. The van der Waals surface area contributed by atoms with E-state index in [2.05, 4.69) is 5.32 Å². The number of β-amino-alcohol motifs (C(OH)–C–C–N with tert-alkyl or cyclic N) is 1. The molecule has 2 aliphatic rings. The van der Waals surface area contributed by atoms with Crippen molar-refractivity contribution < 1.29 is 32.7 Å². The van der Waals surface area contributed by atoms with Gasteiger partial charge in [0.05, 0.1) is 11.5 Å². The molecule has 7 nitrogen and oxygen atoms in total. The third-order valence-corrected chi connectivity index (χ3v) is 8.58. The fourth-order valence-corrected chi connectivity index (χ4v) is 6.54. The van der Waals surface area contributed by atoms with Gasteiger partial charge in [-0.15, -0.1) is 0 Å². The van der Waals surface area contributed by atoms with E-state index in [1.165, 1.54) is 82.6 Å². The monoisotopic (exact) mass is 607 g/mol. The summed E-state index contributed by atoms with van der Waals surface area (Å²) in [5.74, 6) is -2.65. The Bertz CT molecular complexity index is 1380. The first kappa shape index (κ1) is 31.3. The Balaban J connectivity index is 1.54. The van der Waals surface area contributed by atoms with E-state index in [9.17, 15) is 32.7 Å². The summed E-state index contributed by atoms with van der Waals surface area (Å²) >= 11 is 0. The average Bonchev–Trinajstić information content (AvgIpc) is 3.64. The molecule has 0 aliphatic carbocycles. The summed E-state index contributed by atoms with van der Waals surface area (Å²) in [5.41, 5.74) is 0.162. The van der Waals surface area contributed by atoms with Gasteiger partial charge in [0.1, 0.15) is 29.5 Å². The number of rotatable bonds is 8. The van der Waals surface area contributed by atoms with Crippen molar-refractivity contribution in [2.24, 2.45) is 0 Å². The number of aliphatic hydroxyl groups is 1. The van der Waals surface area contributed by atoms with Crippen molar-refractivity contribution >= 4 is 17.7 Å². The van der Waals surface area contributed by atoms with E-state index < -0.39 is 52.9 Å². The van der Waals surface area contributed by atoms with Crippen LogP contribution >= 0.6 is 0 Å². The smallest absolute Gasteiger partial charge is 0.246 e. The Morgan fingerprint density at radius 3 is 1.75 bits per heavy atom. The Morgan fingerprint density at radius 2 is 1.30 bits per heavy atom. The minimum atomic E-state index is -1.33. The third-order valence-electron chi connectivity index (χ3n) is 8.58. The largest absolute Gasteiger partial charge is 0.391 e. The highest BCUT2D eigenvalue weighted by atomic mass is 19.1. The van der Waals surface area contributed by atoms with Crippen LogP contribution in [-0.4, -0.2) is 69.9 Å². The molecule has 3 amide bonds. The average molecular weight is 608 g/mol. The summed E-state index contributed by atoms with van der Waals surface area (Å²) < 4.78 is 42.3. The zero-order valence-electron chi connectivity index (χ0n) is 24.7. The van der Waals surface area contributed by atoms with Gasteiger partial charge in [0.2, 0.25) is 17.7 Å². The lowest BCUT2D eigenvalue weighted by molar-refractivity contribution is -0.147. The van der Waals surface area contributed by atoms with Crippen LogP contribution in [0.25, 0.3) is 0 Å². The van der Waals surface area contributed by atoms with E-state index in [1.807, 2.05) is 13.8 Å². The minimum absolute atomic E-state index is 0.0102. The molecular weight excluding hydrogens is 571 g/mol. The van der Waals surface area contributed by atoms with Crippen LogP contribution in [0.3, 0.4) is 0 Å². The van der Waals surface area contributed by atoms with Crippen LogP contribution in [-0.2, 0) is 19.8 Å². The minimum Gasteiger partial charge on any atom is -0.391 e. The van der Waals surface area contributed by atoms with Gasteiger partial charge in [-0.25, -0.2) is 13.2 Å².